The van der Waals surface area contributed by atoms with E-state index < -0.39 is 37.3 Å². The maximum absolute atomic E-state index is 10.3. The average Bonchev–Trinajstić information content (AvgIpc) is 3.09. The maximum Gasteiger partial charge on any atom is 0.181 e. The molecule has 2 heterocycles. The number of aromatic nitrogens is 3. The molecule has 1 aromatic carbocycles. The van der Waals surface area contributed by atoms with Crippen LogP contribution in [0.3, 0.4) is 0 Å². The zero-order valence-electron chi connectivity index (χ0n) is 15.6. The minimum absolute atomic E-state index is 0.478. The Labute approximate surface area is 158 Å². The van der Waals surface area contributed by atoms with Crippen LogP contribution in [0.25, 0.3) is 0 Å². The first-order valence-electron chi connectivity index (χ1n) is 9.31. The van der Waals surface area contributed by atoms with Crippen LogP contribution < -0.4 is 0 Å². The Morgan fingerprint density at radius 3 is 2.22 bits per heavy atom. The van der Waals surface area contributed by atoms with Crippen LogP contribution in [0.15, 0.2) is 24.3 Å². The SMILES string of the molecule is CCc1ccc(Cc2nnn([C@@H]3O[C@H](CO)[C@@H](O)[C@H](O)[C@H]3O)c2CC)cc1. The van der Waals surface area contributed by atoms with Crippen molar-refractivity contribution in [2.75, 3.05) is 6.61 Å². The fourth-order valence-corrected chi connectivity index (χ4v) is 3.42. The zero-order valence-corrected chi connectivity index (χ0v) is 15.6. The predicted molar refractivity (Wildman–Crippen MR) is 97.0 cm³/mol. The first-order valence-corrected chi connectivity index (χ1v) is 9.31. The van der Waals surface area contributed by atoms with Gasteiger partial charge in [-0.2, -0.15) is 0 Å². The Kier molecular flexibility index (Phi) is 6.23. The molecular weight excluding hydrogens is 350 g/mol. The largest absolute Gasteiger partial charge is 0.394 e. The second-order valence-electron chi connectivity index (χ2n) is 6.85. The lowest BCUT2D eigenvalue weighted by atomic mass is 9.98. The van der Waals surface area contributed by atoms with Crippen molar-refractivity contribution in [3.63, 3.8) is 0 Å². The van der Waals surface area contributed by atoms with Gasteiger partial charge in [0.25, 0.3) is 0 Å². The summed E-state index contributed by atoms with van der Waals surface area (Å²) in [5.74, 6) is 0. The first-order chi connectivity index (χ1) is 13.0. The molecule has 8 nitrogen and oxygen atoms in total. The molecule has 0 radical (unpaired) electrons. The van der Waals surface area contributed by atoms with Crippen molar-refractivity contribution >= 4 is 0 Å². The van der Waals surface area contributed by atoms with E-state index in [1.807, 2.05) is 6.92 Å². The molecule has 0 unspecified atom stereocenters. The summed E-state index contributed by atoms with van der Waals surface area (Å²) in [6.07, 6.45) is -4.06. The van der Waals surface area contributed by atoms with Gasteiger partial charge in [0.2, 0.25) is 0 Å². The number of ether oxygens (including phenoxy) is 1. The molecule has 1 saturated heterocycles. The molecule has 0 amide bonds. The van der Waals surface area contributed by atoms with E-state index in [9.17, 15) is 20.4 Å². The lowest BCUT2D eigenvalue weighted by molar-refractivity contribution is -0.254. The van der Waals surface area contributed by atoms with Crippen LogP contribution in [0.2, 0.25) is 0 Å². The number of aliphatic hydroxyl groups excluding tert-OH is 4. The molecule has 27 heavy (non-hydrogen) atoms. The van der Waals surface area contributed by atoms with Gasteiger partial charge in [0.15, 0.2) is 6.23 Å². The quantitative estimate of drug-likeness (QED) is 0.558. The summed E-state index contributed by atoms with van der Waals surface area (Å²) in [6.45, 7) is 3.58. The smallest absolute Gasteiger partial charge is 0.181 e. The third kappa shape index (κ3) is 3.90. The van der Waals surface area contributed by atoms with Crippen molar-refractivity contribution in [1.82, 2.24) is 15.0 Å². The van der Waals surface area contributed by atoms with Crippen LogP contribution >= 0.6 is 0 Å². The average molecular weight is 377 g/mol. The van der Waals surface area contributed by atoms with Crippen LogP contribution in [0.1, 0.15) is 42.6 Å². The summed E-state index contributed by atoms with van der Waals surface area (Å²) in [5, 5.41) is 48.1. The summed E-state index contributed by atoms with van der Waals surface area (Å²) in [5.41, 5.74) is 3.90. The molecule has 0 spiro atoms. The van der Waals surface area contributed by atoms with Crippen molar-refractivity contribution in [3.05, 3.63) is 46.8 Å². The molecule has 148 valence electrons. The van der Waals surface area contributed by atoms with E-state index in [1.54, 1.807) is 0 Å². The molecule has 1 aromatic heterocycles. The monoisotopic (exact) mass is 377 g/mol. The fourth-order valence-electron chi connectivity index (χ4n) is 3.42. The minimum atomic E-state index is -1.44. The van der Waals surface area contributed by atoms with E-state index in [0.717, 1.165) is 23.4 Å². The fraction of sp³-hybridized carbons (Fsp3) is 0.579. The van der Waals surface area contributed by atoms with E-state index in [0.29, 0.717) is 12.8 Å². The number of hydrogen-bond acceptors (Lipinski definition) is 7. The van der Waals surface area contributed by atoms with Gasteiger partial charge in [0, 0.05) is 6.42 Å². The summed E-state index contributed by atoms with van der Waals surface area (Å²) in [7, 11) is 0. The number of benzene rings is 1. The molecule has 8 heteroatoms. The second kappa shape index (κ2) is 8.45. The highest BCUT2D eigenvalue weighted by atomic mass is 16.6. The molecule has 2 aromatic rings. The van der Waals surface area contributed by atoms with Gasteiger partial charge in [0.1, 0.15) is 24.4 Å². The van der Waals surface area contributed by atoms with Gasteiger partial charge in [0.05, 0.1) is 18.0 Å². The Morgan fingerprint density at radius 2 is 1.63 bits per heavy atom. The van der Waals surface area contributed by atoms with E-state index in [4.69, 9.17) is 4.74 Å². The lowest BCUT2D eigenvalue weighted by Crippen LogP contribution is -2.56. The lowest BCUT2D eigenvalue weighted by Gasteiger charge is -2.40. The highest BCUT2D eigenvalue weighted by molar-refractivity contribution is 5.27. The Balaban J connectivity index is 1.86. The van der Waals surface area contributed by atoms with Crippen LogP contribution in [-0.4, -0.2) is 66.4 Å². The molecule has 3 rings (SSSR count). The van der Waals surface area contributed by atoms with E-state index in [2.05, 4.69) is 41.5 Å². The van der Waals surface area contributed by atoms with Gasteiger partial charge in [-0.05, 0) is 24.0 Å². The minimum Gasteiger partial charge on any atom is -0.394 e. The molecule has 4 N–H and O–H groups in total. The molecule has 1 fully saturated rings. The van der Waals surface area contributed by atoms with Crippen molar-refractivity contribution in [3.8, 4) is 0 Å². The topological polar surface area (TPSA) is 121 Å². The summed E-state index contributed by atoms with van der Waals surface area (Å²) in [6, 6.07) is 8.29. The predicted octanol–water partition coefficient (Wildman–Crippen LogP) is -0.0339. The number of aryl methyl sites for hydroxylation is 1. The van der Waals surface area contributed by atoms with Crippen LogP contribution in [0.4, 0.5) is 0 Å². The van der Waals surface area contributed by atoms with Crippen molar-refractivity contribution < 1.29 is 25.2 Å². The van der Waals surface area contributed by atoms with Crippen molar-refractivity contribution in [2.24, 2.45) is 0 Å². The third-order valence-electron chi connectivity index (χ3n) is 5.12. The van der Waals surface area contributed by atoms with Crippen LogP contribution in [0, 0.1) is 0 Å². The van der Waals surface area contributed by atoms with E-state index in [1.165, 1.54) is 10.2 Å². The molecule has 0 aliphatic carbocycles. The van der Waals surface area contributed by atoms with Crippen LogP contribution in [0.5, 0.6) is 0 Å². The van der Waals surface area contributed by atoms with Crippen molar-refractivity contribution in [2.45, 2.75) is 63.8 Å². The van der Waals surface area contributed by atoms with Gasteiger partial charge < -0.3 is 25.2 Å². The Bertz CT molecular complexity index is 746. The molecule has 1 aliphatic heterocycles. The van der Waals surface area contributed by atoms with Gasteiger partial charge >= 0.3 is 0 Å². The summed E-state index contributed by atoms with van der Waals surface area (Å²) < 4.78 is 7.05. The molecule has 1 aliphatic rings. The van der Waals surface area contributed by atoms with Gasteiger partial charge in [-0.3, -0.25) is 0 Å². The third-order valence-corrected chi connectivity index (χ3v) is 5.12. The van der Waals surface area contributed by atoms with E-state index >= 15 is 0 Å². The zero-order chi connectivity index (χ0) is 19.6. The molecule has 0 bridgehead atoms. The number of rotatable bonds is 6. The van der Waals surface area contributed by atoms with Crippen LogP contribution in [-0.2, 0) is 24.0 Å². The highest BCUT2D eigenvalue weighted by Gasteiger charge is 2.45. The number of hydrogen-bond donors (Lipinski definition) is 4. The normalized spacial score (nSPS) is 28.4. The standard InChI is InChI=1S/C19H27N3O5/c1-3-11-5-7-12(8-6-11)9-13-14(4-2)22(21-20-13)19-18(26)17(25)16(24)15(10-23)27-19/h5-8,15-19,23-26H,3-4,9-10H2,1-2H3/t15-,16-,17+,18-,19-/m1/s1. The summed E-state index contributed by atoms with van der Waals surface area (Å²) in [4.78, 5) is 0. The number of nitrogens with zero attached hydrogens (tertiary/aromatic N) is 3. The van der Waals surface area contributed by atoms with Gasteiger partial charge in [-0.25, -0.2) is 4.68 Å². The summed E-state index contributed by atoms with van der Waals surface area (Å²) >= 11 is 0. The Hall–Kier alpha value is -1.84. The van der Waals surface area contributed by atoms with Gasteiger partial charge in [-0.15, -0.1) is 5.10 Å². The maximum atomic E-state index is 10.3. The second-order valence-corrected chi connectivity index (χ2v) is 6.85. The molecular formula is C19H27N3O5. The molecule has 0 saturated carbocycles. The van der Waals surface area contributed by atoms with Gasteiger partial charge in [-0.1, -0.05) is 43.3 Å². The Morgan fingerprint density at radius 1 is 0.963 bits per heavy atom. The molecule has 5 atom stereocenters. The number of aliphatic hydroxyl groups is 4. The van der Waals surface area contributed by atoms with Crippen molar-refractivity contribution in [1.29, 1.82) is 0 Å². The highest BCUT2D eigenvalue weighted by Crippen LogP contribution is 2.29. The van der Waals surface area contributed by atoms with E-state index in [-0.39, 0.29) is 0 Å². The first kappa shape index (κ1) is 19.9.